The average molecular weight is 285 g/mol. The van der Waals surface area contributed by atoms with Crippen LogP contribution in [0.15, 0.2) is 18.2 Å². The van der Waals surface area contributed by atoms with E-state index in [1.807, 2.05) is 25.1 Å². The van der Waals surface area contributed by atoms with Crippen LogP contribution in [0.5, 0.6) is 5.75 Å². The van der Waals surface area contributed by atoms with E-state index in [-0.39, 0.29) is 10.6 Å². The molecule has 1 rings (SSSR count). The summed E-state index contributed by atoms with van der Waals surface area (Å²) in [5.41, 5.74) is 2.15. The second-order valence-electron chi connectivity index (χ2n) is 3.67. The lowest BCUT2D eigenvalue weighted by molar-refractivity contribution is -0.116. The zero-order chi connectivity index (χ0) is 12.1. The quantitative estimate of drug-likeness (QED) is 0.771. The Morgan fingerprint density at radius 3 is 2.56 bits per heavy atom. The van der Waals surface area contributed by atoms with Crippen LogP contribution < -0.4 is 4.74 Å². The van der Waals surface area contributed by atoms with Gasteiger partial charge in [0.15, 0.2) is 0 Å². The summed E-state index contributed by atoms with van der Waals surface area (Å²) in [6.07, 6.45) is 0.936. The first-order valence-electron chi connectivity index (χ1n) is 5.49. The molecule has 0 spiro atoms. The Balaban J connectivity index is 3.08. The number of aryl methyl sites for hydroxylation is 1. The molecule has 0 aliphatic heterocycles. The number of alkyl halides is 1. The van der Waals surface area contributed by atoms with Crippen LogP contribution in [-0.2, 0) is 11.2 Å². The maximum Gasteiger partial charge on any atom is 0.147 e. The summed E-state index contributed by atoms with van der Waals surface area (Å²) in [6, 6.07) is 5.99. The van der Waals surface area contributed by atoms with Crippen molar-refractivity contribution in [3.05, 3.63) is 29.3 Å². The molecular weight excluding hydrogens is 268 g/mol. The minimum atomic E-state index is -0.238. The lowest BCUT2D eigenvalue weighted by atomic mass is 10.0. The number of halogens is 1. The third-order valence-electron chi connectivity index (χ3n) is 2.36. The molecule has 88 valence electrons. The topological polar surface area (TPSA) is 26.3 Å². The van der Waals surface area contributed by atoms with Crippen molar-refractivity contribution in [3.8, 4) is 5.75 Å². The third kappa shape index (κ3) is 3.34. The fourth-order valence-corrected chi connectivity index (χ4v) is 1.79. The Kier molecular flexibility index (Phi) is 5.00. The maximum atomic E-state index is 11.3. The zero-order valence-corrected chi connectivity index (χ0v) is 11.5. The molecule has 1 aromatic carbocycles. The van der Waals surface area contributed by atoms with Crippen LogP contribution in [0.2, 0.25) is 0 Å². The summed E-state index contributed by atoms with van der Waals surface area (Å²) in [4.78, 5) is 11.1. The van der Waals surface area contributed by atoms with Gasteiger partial charge in [-0.3, -0.25) is 4.79 Å². The van der Waals surface area contributed by atoms with Crippen molar-refractivity contribution in [3.63, 3.8) is 0 Å². The number of hydrogen-bond donors (Lipinski definition) is 0. The molecule has 16 heavy (non-hydrogen) atoms. The van der Waals surface area contributed by atoms with Gasteiger partial charge in [-0.25, -0.2) is 0 Å². The molecule has 2 nitrogen and oxygen atoms in total. The number of benzene rings is 1. The Hall–Kier alpha value is -0.830. The van der Waals surface area contributed by atoms with Crippen molar-refractivity contribution in [1.82, 2.24) is 0 Å². The van der Waals surface area contributed by atoms with Gasteiger partial charge in [0.2, 0.25) is 0 Å². The zero-order valence-electron chi connectivity index (χ0n) is 9.92. The van der Waals surface area contributed by atoms with Crippen LogP contribution in [0.4, 0.5) is 0 Å². The number of Topliss-reactive ketones (excluding diaryl/α,β-unsaturated/α-hetero) is 1. The van der Waals surface area contributed by atoms with E-state index in [1.165, 1.54) is 5.56 Å². The highest BCUT2D eigenvalue weighted by Gasteiger charge is 2.14. The first kappa shape index (κ1) is 13.2. The predicted octanol–water partition coefficient (Wildman–Crippen LogP) is 3.67. The minimum Gasteiger partial charge on any atom is -0.494 e. The van der Waals surface area contributed by atoms with Crippen molar-refractivity contribution >= 4 is 21.7 Å². The highest BCUT2D eigenvalue weighted by molar-refractivity contribution is 9.09. The summed E-state index contributed by atoms with van der Waals surface area (Å²) in [5, 5.41) is 0. The Morgan fingerprint density at radius 1 is 1.38 bits per heavy atom. The standard InChI is InChI=1S/C13H17BrO2/c1-4-10-6-11(13(14)9(3)15)8-12(7-10)16-5-2/h6-8,13H,4-5H2,1-3H3. The molecule has 1 unspecified atom stereocenters. The van der Waals surface area contributed by atoms with Gasteiger partial charge in [0.1, 0.15) is 11.5 Å². The smallest absolute Gasteiger partial charge is 0.147 e. The monoisotopic (exact) mass is 284 g/mol. The molecule has 0 fully saturated rings. The first-order chi connectivity index (χ1) is 7.58. The Labute approximate surface area is 105 Å². The summed E-state index contributed by atoms with van der Waals surface area (Å²) in [7, 11) is 0. The summed E-state index contributed by atoms with van der Waals surface area (Å²) in [6.45, 7) is 6.26. The van der Waals surface area contributed by atoms with Crippen molar-refractivity contribution < 1.29 is 9.53 Å². The molecule has 0 heterocycles. The third-order valence-corrected chi connectivity index (χ3v) is 3.53. The molecule has 3 heteroatoms. The summed E-state index contributed by atoms with van der Waals surface area (Å²) in [5.74, 6) is 0.943. The van der Waals surface area contributed by atoms with Gasteiger partial charge in [-0.15, -0.1) is 0 Å². The van der Waals surface area contributed by atoms with E-state index in [4.69, 9.17) is 4.74 Å². The molecule has 0 amide bonds. The van der Waals surface area contributed by atoms with E-state index in [0.717, 1.165) is 17.7 Å². The molecule has 0 aliphatic carbocycles. The minimum absolute atomic E-state index is 0.107. The van der Waals surface area contributed by atoms with E-state index in [1.54, 1.807) is 6.92 Å². The largest absolute Gasteiger partial charge is 0.494 e. The fraction of sp³-hybridized carbons (Fsp3) is 0.462. The fourth-order valence-electron chi connectivity index (χ4n) is 1.52. The summed E-state index contributed by atoms with van der Waals surface area (Å²) < 4.78 is 5.49. The highest BCUT2D eigenvalue weighted by atomic mass is 79.9. The lowest BCUT2D eigenvalue weighted by Crippen LogP contribution is -2.03. The molecule has 0 radical (unpaired) electrons. The van der Waals surface area contributed by atoms with Crippen LogP contribution in [0.25, 0.3) is 0 Å². The molecule has 1 atom stereocenters. The van der Waals surface area contributed by atoms with Gasteiger partial charge >= 0.3 is 0 Å². The van der Waals surface area contributed by atoms with E-state index < -0.39 is 0 Å². The van der Waals surface area contributed by atoms with Crippen molar-refractivity contribution in [2.75, 3.05) is 6.61 Å². The molecular formula is C13H17BrO2. The van der Waals surface area contributed by atoms with Crippen LogP contribution in [0, 0.1) is 0 Å². The van der Waals surface area contributed by atoms with Crippen LogP contribution in [-0.4, -0.2) is 12.4 Å². The van der Waals surface area contributed by atoms with Gasteiger partial charge in [-0.05, 0) is 43.5 Å². The van der Waals surface area contributed by atoms with E-state index in [2.05, 4.69) is 22.9 Å². The molecule has 0 N–H and O–H groups in total. The van der Waals surface area contributed by atoms with Crippen molar-refractivity contribution in [2.24, 2.45) is 0 Å². The van der Waals surface area contributed by atoms with Gasteiger partial charge in [-0.2, -0.15) is 0 Å². The van der Waals surface area contributed by atoms with E-state index >= 15 is 0 Å². The Morgan fingerprint density at radius 2 is 2.06 bits per heavy atom. The second-order valence-corrected chi connectivity index (χ2v) is 4.59. The molecule has 0 saturated carbocycles. The average Bonchev–Trinajstić information content (AvgIpc) is 2.27. The SMILES string of the molecule is CCOc1cc(CC)cc(C(Br)C(C)=O)c1. The molecule has 0 saturated heterocycles. The van der Waals surface area contributed by atoms with Crippen LogP contribution in [0.3, 0.4) is 0 Å². The number of hydrogen-bond acceptors (Lipinski definition) is 2. The van der Waals surface area contributed by atoms with Crippen molar-refractivity contribution in [2.45, 2.75) is 32.0 Å². The van der Waals surface area contributed by atoms with Gasteiger partial charge in [0.25, 0.3) is 0 Å². The molecule has 0 aromatic heterocycles. The number of rotatable bonds is 5. The number of ether oxygens (including phenoxy) is 1. The van der Waals surface area contributed by atoms with Gasteiger partial charge in [-0.1, -0.05) is 28.9 Å². The Bertz CT molecular complexity index is 374. The molecule has 0 bridgehead atoms. The van der Waals surface area contributed by atoms with Crippen molar-refractivity contribution in [1.29, 1.82) is 0 Å². The number of carbonyl (C=O) groups is 1. The highest BCUT2D eigenvalue weighted by Crippen LogP contribution is 2.28. The van der Waals surface area contributed by atoms with Gasteiger partial charge < -0.3 is 4.74 Å². The molecule has 1 aromatic rings. The second kappa shape index (κ2) is 6.04. The van der Waals surface area contributed by atoms with E-state index in [0.29, 0.717) is 6.61 Å². The lowest BCUT2D eigenvalue weighted by Gasteiger charge is -2.11. The van der Waals surface area contributed by atoms with Crippen LogP contribution in [0.1, 0.15) is 36.7 Å². The maximum absolute atomic E-state index is 11.3. The van der Waals surface area contributed by atoms with E-state index in [9.17, 15) is 4.79 Å². The summed E-state index contributed by atoms with van der Waals surface area (Å²) >= 11 is 3.39. The van der Waals surface area contributed by atoms with Crippen LogP contribution >= 0.6 is 15.9 Å². The normalized spacial score (nSPS) is 12.2. The predicted molar refractivity (Wildman–Crippen MR) is 69.3 cm³/mol. The van der Waals surface area contributed by atoms with Gasteiger partial charge in [0, 0.05) is 0 Å². The number of carbonyl (C=O) groups excluding carboxylic acids is 1. The molecule has 0 aliphatic rings. The van der Waals surface area contributed by atoms with Gasteiger partial charge in [0.05, 0.1) is 11.4 Å². The number of ketones is 1. The first-order valence-corrected chi connectivity index (χ1v) is 6.41.